The normalized spacial score (nSPS) is 12.3. The van der Waals surface area contributed by atoms with Crippen molar-refractivity contribution < 1.29 is 9.52 Å². The first-order chi connectivity index (χ1) is 11.0. The van der Waals surface area contributed by atoms with Crippen molar-refractivity contribution in [1.29, 1.82) is 0 Å². The molecular formula is C18H21N3O2. The average molecular weight is 311 g/mol. The van der Waals surface area contributed by atoms with Crippen LogP contribution in [0.25, 0.3) is 5.70 Å². The molecule has 2 rings (SSSR count). The van der Waals surface area contributed by atoms with Crippen molar-refractivity contribution in [3.05, 3.63) is 60.6 Å². The van der Waals surface area contributed by atoms with Gasteiger partial charge in [-0.3, -0.25) is 4.99 Å². The first-order valence-corrected chi connectivity index (χ1v) is 7.38. The van der Waals surface area contributed by atoms with E-state index in [1.807, 2.05) is 38.1 Å². The van der Waals surface area contributed by atoms with Gasteiger partial charge in [-0.15, -0.1) is 0 Å². The average Bonchev–Trinajstić information content (AvgIpc) is 3.03. The van der Waals surface area contributed by atoms with E-state index < -0.39 is 0 Å². The quantitative estimate of drug-likeness (QED) is 0.654. The highest BCUT2D eigenvalue weighted by atomic mass is 16.3. The third-order valence-electron chi connectivity index (χ3n) is 3.16. The van der Waals surface area contributed by atoms with Crippen LogP contribution in [0.2, 0.25) is 0 Å². The number of rotatable bonds is 5. The minimum absolute atomic E-state index is 0.275. The summed E-state index contributed by atoms with van der Waals surface area (Å²) in [5.74, 6) is 2.36. The molecule has 0 spiro atoms. The Kier molecular flexibility index (Phi) is 5.74. The zero-order valence-corrected chi connectivity index (χ0v) is 13.4. The minimum atomic E-state index is 0.275. The van der Waals surface area contributed by atoms with Gasteiger partial charge in [-0.25, -0.2) is 4.99 Å². The van der Waals surface area contributed by atoms with Crippen LogP contribution in [-0.4, -0.2) is 23.3 Å². The second-order valence-electron chi connectivity index (χ2n) is 5.12. The smallest absolute Gasteiger partial charge is 0.149 e. The van der Waals surface area contributed by atoms with Crippen LogP contribution in [-0.2, 0) is 6.42 Å². The van der Waals surface area contributed by atoms with Crippen LogP contribution in [0.1, 0.15) is 25.2 Å². The molecule has 23 heavy (non-hydrogen) atoms. The highest BCUT2D eigenvalue weighted by Gasteiger charge is 2.02. The van der Waals surface area contributed by atoms with E-state index in [2.05, 4.69) is 21.9 Å². The van der Waals surface area contributed by atoms with Crippen molar-refractivity contribution in [1.82, 2.24) is 5.32 Å². The third-order valence-corrected chi connectivity index (χ3v) is 3.16. The molecule has 120 valence electrons. The number of furan rings is 1. The van der Waals surface area contributed by atoms with Crippen LogP contribution in [0.4, 0.5) is 0 Å². The monoisotopic (exact) mass is 311 g/mol. The molecular weight excluding hydrogens is 290 g/mol. The van der Waals surface area contributed by atoms with Crippen molar-refractivity contribution in [3.8, 4) is 5.75 Å². The van der Waals surface area contributed by atoms with Crippen molar-refractivity contribution in [2.75, 3.05) is 6.54 Å². The lowest BCUT2D eigenvalue weighted by atomic mass is 10.1. The SMILES string of the molecule is C=C(NC(C)=NC(C)=NCCc1ccc(O)cc1)c1ccco1. The van der Waals surface area contributed by atoms with Gasteiger partial charge < -0.3 is 14.8 Å². The second-order valence-corrected chi connectivity index (χ2v) is 5.12. The number of nitrogens with zero attached hydrogens (tertiary/aromatic N) is 2. The molecule has 0 aliphatic heterocycles. The highest BCUT2D eigenvalue weighted by molar-refractivity contribution is 5.97. The Bertz CT molecular complexity index is 698. The molecule has 1 aromatic carbocycles. The Morgan fingerprint density at radius 2 is 1.96 bits per heavy atom. The summed E-state index contributed by atoms with van der Waals surface area (Å²) in [6.07, 6.45) is 2.41. The van der Waals surface area contributed by atoms with E-state index in [4.69, 9.17) is 4.42 Å². The van der Waals surface area contributed by atoms with Gasteiger partial charge in [-0.2, -0.15) is 0 Å². The van der Waals surface area contributed by atoms with Gasteiger partial charge in [0.1, 0.15) is 23.2 Å². The van der Waals surface area contributed by atoms with Crippen molar-refractivity contribution in [2.45, 2.75) is 20.3 Å². The molecule has 0 bridgehead atoms. The molecule has 5 heteroatoms. The lowest BCUT2D eigenvalue weighted by molar-refractivity contribution is 0.475. The lowest BCUT2D eigenvalue weighted by Gasteiger charge is -2.06. The number of phenolic OH excluding ortho intramolecular Hbond substituents is 1. The first kappa shape index (κ1) is 16.5. The minimum Gasteiger partial charge on any atom is -0.508 e. The summed E-state index contributed by atoms with van der Waals surface area (Å²) in [6.45, 7) is 8.27. The fourth-order valence-electron chi connectivity index (χ4n) is 2.05. The number of hydrogen-bond acceptors (Lipinski definition) is 3. The fourth-order valence-corrected chi connectivity index (χ4v) is 2.05. The Balaban J connectivity index is 1.85. The van der Waals surface area contributed by atoms with Gasteiger partial charge in [0.25, 0.3) is 0 Å². The van der Waals surface area contributed by atoms with E-state index in [0.717, 1.165) is 12.0 Å². The van der Waals surface area contributed by atoms with E-state index in [1.165, 1.54) is 0 Å². The molecule has 1 heterocycles. The molecule has 1 aromatic heterocycles. The summed E-state index contributed by atoms with van der Waals surface area (Å²) in [6, 6.07) is 10.8. The molecule has 0 fully saturated rings. The van der Waals surface area contributed by atoms with E-state index in [1.54, 1.807) is 18.4 Å². The van der Waals surface area contributed by atoms with Gasteiger partial charge in [0.05, 0.1) is 12.0 Å². The number of aromatic hydroxyl groups is 1. The van der Waals surface area contributed by atoms with Crippen LogP contribution in [0, 0.1) is 0 Å². The highest BCUT2D eigenvalue weighted by Crippen LogP contribution is 2.10. The number of aliphatic imine (C=N–C) groups is 2. The largest absolute Gasteiger partial charge is 0.508 e. The second kappa shape index (κ2) is 7.98. The van der Waals surface area contributed by atoms with Crippen molar-refractivity contribution in [3.63, 3.8) is 0 Å². The van der Waals surface area contributed by atoms with Gasteiger partial charge in [-0.1, -0.05) is 18.7 Å². The number of nitrogens with one attached hydrogen (secondary N) is 1. The maximum absolute atomic E-state index is 9.24. The zero-order valence-electron chi connectivity index (χ0n) is 13.4. The molecule has 0 aliphatic rings. The summed E-state index contributed by atoms with van der Waals surface area (Å²) >= 11 is 0. The van der Waals surface area contributed by atoms with Gasteiger partial charge >= 0.3 is 0 Å². The molecule has 0 atom stereocenters. The molecule has 0 unspecified atom stereocenters. The Hall–Kier alpha value is -2.82. The number of hydrogen-bond donors (Lipinski definition) is 2. The van der Waals surface area contributed by atoms with Crippen LogP contribution in [0.15, 0.2) is 63.6 Å². The van der Waals surface area contributed by atoms with Crippen molar-refractivity contribution in [2.24, 2.45) is 9.98 Å². The lowest BCUT2D eigenvalue weighted by Crippen LogP contribution is -2.19. The van der Waals surface area contributed by atoms with E-state index in [-0.39, 0.29) is 5.75 Å². The first-order valence-electron chi connectivity index (χ1n) is 7.38. The van der Waals surface area contributed by atoms with E-state index >= 15 is 0 Å². The predicted molar refractivity (Wildman–Crippen MR) is 93.8 cm³/mol. The molecule has 5 nitrogen and oxygen atoms in total. The fraction of sp³-hybridized carbons (Fsp3) is 0.222. The summed E-state index contributed by atoms with van der Waals surface area (Å²) in [5, 5.41) is 12.3. The standard InChI is InChI=1S/C18H21N3O2/c1-13(18-5-4-12-23-18)20-15(3)21-14(2)19-11-10-16-6-8-17(22)9-7-16/h4-9,12,22H,1,10-11H2,2-3H3,(H,19,20,21). The van der Waals surface area contributed by atoms with Gasteiger partial charge in [0.15, 0.2) is 0 Å². The maximum atomic E-state index is 9.24. The Morgan fingerprint density at radius 3 is 2.61 bits per heavy atom. The molecule has 2 aromatic rings. The van der Waals surface area contributed by atoms with Gasteiger partial charge in [0.2, 0.25) is 0 Å². The summed E-state index contributed by atoms with van der Waals surface area (Å²) < 4.78 is 5.26. The molecule has 0 saturated heterocycles. The molecule has 0 radical (unpaired) electrons. The van der Waals surface area contributed by atoms with Crippen LogP contribution < -0.4 is 5.32 Å². The van der Waals surface area contributed by atoms with Gasteiger partial charge in [0, 0.05) is 6.54 Å². The molecule has 0 amide bonds. The van der Waals surface area contributed by atoms with Crippen LogP contribution >= 0.6 is 0 Å². The summed E-state index contributed by atoms with van der Waals surface area (Å²) in [7, 11) is 0. The van der Waals surface area contributed by atoms with E-state index in [9.17, 15) is 5.11 Å². The zero-order chi connectivity index (χ0) is 16.7. The third kappa shape index (κ3) is 5.47. The number of amidine groups is 2. The summed E-state index contributed by atoms with van der Waals surface area (Å²) in [4.78, 5) is 8.81. The Morgan fingerprint density at radius 1 is 1.22 bits per heavy atom. The van der Waals surface area contributed by atoms with Crippen LogP contribution in [0.5, 0.6) is 5.75 Å². The molecule has 0 saturated carbocycles. The molecule has 0 aliphatic carbocycles. The number of phenols is 1. The summed E-state index contributed by atoms with van der Waals surface area (Å²) in [5.41, 5.74) is 1.79. The van der Waals surface area contributed by atoms with Crippen molar-refractivity contribution >= 4 is 17.4 Å². The van der Waals surface area contributed by atoms with E-state index in [0.29, 0.717) is 29.7 Å². The Labute approximate surface area is 136 Å². The number of benzene rings is 1. The van der Waals surface area contributed by atoms with Crippen LogP contribution in [0.3, 0.4) is 0 Å². The van der Waals surface area contributed by atoms with Gasteiger partial charge in [-0.05, 0) is 50.1 Å². The topological polar surface area (TPSA) is 70.1 Å². The predicted octanol–water partition coefficient (Wildman–Crippen LogP) is 3.63. The molecule has 2 N–H and O–H groups in total. The maximum Gasteiger partial charge on any atom is 0.149 e.